The molecular formula is C11H18N2O4S2. The van der Waals surface area contributed by atoms with Crippen molar-refractivity contribution in [3.63, 3.8) is 0 Å². The number of esters is 2. The molecule has 0 saturated carbocycles. The van der Waals surface area contributed by atoms with Gasteiger partial charge in [-0.05, 0) is 0 Å². The predicted molar refractivity (Wildman–Crippen MR) is 74.8 cm³/mol. The van der Waals surface area contributed by atoms with E-state index in [0.29, 0.717) is 18.2 Å². The van der Waals surface area contributed by atoms with Crippen molar-refractivity contribution >= 4 is 35.5 Å². The number of thioether (sulfide) groups is 2. The third-order valence-corrected chi connectivity index (χ3v) is 5.39. The molecule has 2 rings (SSSR count). The summed E-state index contributed by atoms with van der Waals surface area (Å²) in [6.45, 7) is 0.597. The lowest BCUT2D eigenvalue weighted by Gasteiger charge is -2.29. The lowest BCUT2D eigenvalue weighted by atomic mass is 10.3. The second-order valence-electron chi connectivity index (χ2n) is 4.40. The van der Waals surface area contributed by atoms with E-state index in [2.05, 4.69) is 9.80 Å². The first-order valence-corrected chi connectivity index (χ1v) is 8.27. The molecule has 0 radical (unpaired) electrons. The zero-order chi connectivity index (χ0) is 13.8. The Morgan fingerprint density at radius 3 is 1.74 bits per heavy atom. The number of ether oxygens (including phenoxy) is 2. The zero-order valence-corrected chi connectivity index (χ0v) is 12.7. The van der Waals surface area contributed by atoms with Crippen LogP contribution in [0, 0.1) is 0 Å². The Balaban J connectivity index is 2.13. The third kappa shape index (κ3) is 3.36. The van der Waals surface area contributed by atoms with E-state index >= 15 is 0 Å². The summed E-state index contributed by atoms with van der Waals surface area (Å²) < 4.78 is 9.72. The fourth-order valence-corrected chi connectivity index (χ4v) is 4.52. The Bertz CT molecular complexity index is 324. The van der Waals surface area contributed by atoms with Gasteiger partial charge in [-0.25, -0.2) is 0 Å². The van der Waals surface area contributed by atoms with Crippen molar-refractivity contribution in [1.29, 1.82) is 0 Å². The molecule has 2 aliphatic heterocycles. The van der Waals surface area contributed by atoms with E-state index in [1.54, 1.807) is 23.5 Å². The highest BCUT2D eigenvalue weighted by atomic mass is 32.2. The fourth-order valence-electron chi connectivity index (χ4n) is 2.17. The van der Waals surface area contributed by atoms with Crippen molar-refractivity contribution in [2.75, 3.05) is 44.1 Å². The Hall–Kier alpha value is -0.440. The maximum Gasteiger partial charge on any atom is 0.324 e. The van der Waals surface area contributed by atoms with Crippen LogP contribution in [-0.2, 0) is 19.1 Å². The SMILES string of the molecule is COC(=O)[C@@H]1CSCN2CN1CSC[C@H]2C(=O)OC. The molecule has 2 fully saturated rings. The van der Waals surface area contributed by atoms with Crippen molar-refractivity contribution in [3.05, 3.63) is 0 Å². The smallest absolute Gasteiger partial charge is 0.324 e. The van der Waals surface area contributed by atoms with Gasteiger partial charge in [0.05, 0.1) is 20.9 Å². The summed E-state index contributed by atoms with van der Waals surface area (Å²) in [6, 6.07) is -0.465. The molecule has 2 unspecified atom stereocenters. The summed E-state index contributed by atoms with van der Waals surface area (Å²) in [6.07, 6.45) is 0. The highest BCUT2D eigenvalue weighted by Crippen LogP contribution is 2.26. The molecular weight excluding hydrogens is 288 g/mol. The number of carbonyl (C=O) groups excluding carboxylic acids is 2. The fraction of sp³-hybridized carbons (Fsp3) is 0.818. The van der Waals surface area contributed by atoms with Crippen LogP contribution in [0.25, 0.3) is 0 Å². The monoisotopic (exact) mass is 306 g/mol. The minimum Gasteiger partial charge on any atom is -0.468 e. The zero-order valence-electron chi connectivity index (χ0n) is 11.0. The number of hydrogen-bond donors (Lipinski definition) is 0. The minimum absolute atomic E-state index is 0.202. The van der Waals surface area contributed by atoms with Crippen LogP contribution in [0.4, 0.5) is 0 Å². The van der Waals surface area contributed by atoms with E-state index in [1.165, 1.54) is 14.2 Å². The third-order valence-electron chi connectivity index (χ3n) is 3.26. The second kappa shape index (κ2) is 6.83. The molecule has 2 heterocycles. The van der Waals surface area contributed by atoms with Gasteiger partial charge < -0.3 is 9.47 Å². The molecule has 0 amide bonds. The molecule has 2 bridgehead atoms. The summed E-state index contributed by atoms with van der Waals surface area (Å²) in [7, 11) is 2.83. The highest BCUT2D eigenvalue weighted by molar-refractivity contribution is 7.99. The normalized spacial score (nSPS) is 34.8. The first kappa shape index (κ1) is 15.0. The van der Waals surface area contributed by atoms with E-state index < -0.39 is 0 Å². The largest absolute Gasteiger partial charge is 0.468 e. The Kier molecular flexibility index (Phi) is 5.37. The van der Waals surface area contributed by atoms with Gasteiger partial charge in [-0.1, -0.05) is 0 Å². The maximum atomic E-state index is 11.8. The molecule has 0 spiro atoms. The first-order chi connectivity index (χ1) is 9.17. The lowest BCUT2D eigenvalue weighted by Crippen LogP contribution is -2.49. The van der Waals surface area contributed by atoms with Gasteiger partial charge in [-0.3, -0.25) is 19.4 Å². The van der Waals surface area contributed by atoms with Crippen LogP contribution in [0.15, 0.2) is 0 Å². The minimum atomic E-state index is -0.233. The van der Waals surface area contributed by atoms with E-state index in [1.807, 2.05) is 0 Å². The van der Waals surface area contributed by atoms with E-state index in [9.17, 15) is 9.59 Å². The van der Waals surface area contributed by atoms with Crippen molar-refractivity contribution in [3.8, 4) is 0 Å². The van der Waals surface area contributed by atoms with Crippen LogP contribution in [-0.4, -0.2) is 78.0 Å². The number of fused-ring (bicyclic) bond motifs is 2. The molecule has 19 heavy (non-hydrogen) atoms. The molecule has 8 heteroatoms. The van der Waals surface area contributed by atoms with Gasteiger partial charge in [-0.2, -0.15) is 0 Å². The number of rotatable bonds is 2. The molecule has 0 aromatic heterocycles. The van der Waals surface area contributed by atoms with Crippen LogP contribution in [0.3, 0.4) is 0 Å². The van der Waals surface area contributed by atoms with Crippen molar-refractivity contribution in [2.45, 2.75) is 12.1 Å². The Labute approximate surface area is 121 Å². The number of methoxy groups -OCH3 is 2. The summed E-state index contributed by atoms with van der Waals surface area (Å²) in [5.41, 5.74) is 0. The maximum absolute atomic E-state index is 11.8. The molecule has 2 aliphatic rings. The summed E-state index contributed by atoms with van der Waals surface area (Å²) in [4.78, 5) is 27.8. The van der Waals surface area contributed by atoms with Gasteiger partial charge in [0.25, 0.3) is 0 Å². The average Bonchev–Trinajstić information content (AvgIpc) is 2.77. The predicted octanol–water partition coefficient (Wildman–Crippen LogP) is 0.0397. The number of hydrogen-bond acceptors (Lipinski definition) is 8. The van der Waals surface area contributed by atoms with Crippen LogP contribution in [0.1, 0.15) is 0 Å². The summed E-state index contributed by atoms with van der Waals surface area (Å²) in [5, 5.41) is 0. The summed E-state index contributed by atoms with van der Waals surface area (Å²) in [5.74, 6) is 2.43. The second-order valence-corrected chi connectivity index (χ2v) is 6.40. The van der Waals surface area contributed by atoms with Gasteiger partial charge in [0, 0.05) is 23.3 Å². The van der Waals surface area contributed by atoms with Crippen molar-refractivity contribution in [2.24, 2.45) is 0 Å². The quantitative estimate of drug-likeness (QED) is 0.663. The van der Waals surface area contributed by atoms with Crippen LogP contribution >= 0.6 is 23.5 Å². The van der Waals surface area contributed by atoms with Crippen LogP contribution in [0.5, 0.6) is 0 Å². The van der Waals surface area contributed by atoms with Gasteiger partial charge in [0.15, 0.2) is 0 Å². The van der Waals surface area contributed by atoms with E-state index in [4.69, 9.17) is 9.47 Å². The molecule has 0 aromatic carbocycles. The Morgan fingerprint density at radius 1 is 0.947 bits per heavy atom. The van der Waals surface area contributed by atoms with Gasteiger partial charge in [-0.15, -0.1) is 23.5 Å². The topological polar surface area (TPSA) is 59.1 Å². The molecule has 0 aliphatic carbocycles. The van der Waals surface area contributed by atoms with Gasteiger partial charge in [0.2, 0.25) is 0 Å². The molecule has 0 N–H and O–H groups in total. The summed E-state index contributed by atoms with van der Waals surface area (Å²) >= 11 is 3.30. The first-order valence-electron chi connectivity index (χ1n) is 5.96. The standard InChI is InChI=1S/C11H18N2O4S2/c1-16-10(14)8-3-18-7-13-5-12(8)6-19-4-9(13)11(15)17-2/h8-9H,3-7H2,1-2H3/t8-,9-/m0/s1. The Morgan fingerprint density at radius 2 is 1.37 bits per heavy atom. The van der Waals surface area contributed by atoms with Crippen molar-refractivity contribution < 1.29 is 19.1 Å². The molecule has 6 nitrogen and oxygen atoms in total. The average molecular weight is 306 g/mol. The molecule has 2 saturated heterocycles. The van der Waals surface area contributed by atoms with E-state index in [0.717, 1.165) is 11.8 Å². The molecule has 4 atom stereocenters. The van der Waals surface area contributed by atoms with Crippen LogP contribution in [0.2, 0.25) is 0 Å². The van der Waals surface area contributed by atoms with Gasteiger partial charge >= 0.3 is 11.9 Å². The lowest BCUT2D eigenvalue weighted by molar-refractivity contribution is -0.148. The number of carbonyl (C=O) groups is 2. The van der Waals surface area contributed by atoms with E-state index in [-0.39, 0.29) is 24.0 Å². The molecule has 0 aromatic rings. The highest BCUT2D eigenvalue weighted by Gasteiger charge is 2.38. The number of nitrogens with zero attached hydrogens (tertiary/aromatic N) is 2. The van der Waals surface area contributed by atoms with Crippen molar-refractivity contribution in [1.82, 2.24) is 9.80 Å². The molecule has 108 valence electrons. The van der Waals surface area contributed by atoms with Crippen LogP contribution < -0.4 is 0 Å². The van der Waals surface area contributed by atoms with Gasteiger partial charge in [0.1, 0.15) is 12.1 Å².